The highest BCUT2D eigenvalue weighted by atomic mass is 14.7. The van der Waals surface area contributed by atoms with Gasteiger partial charge in [-0.3, -0.25) is 5.73 Å². The van der Waals surface area contributed by atoms with Crippen LogP contribution in [0.3, 0.4) is 0 Å². The summed E-state index contributed by atoms with van der Waals surface area (Å²) in [6.45, 7) is 0. The fraction of sp³-hybridized carbons (Fsp3) is 0.333. The van der Waals surface area contributed by atoms with E-state index in [1.807, 2.05) is 18.2 Å². The minimum atomic E-state index is 0.183. The van der Waals surface area contributed by atoms with Crippen LogP contribution in [0.4, 0.5) is 0 Å². The number of rotatable bonds is 1. The molecule has 0 aliphatic heterocycles. The van der Waals surface area contributed by atoms with Crippen LogP contribution in [0, 0.1) is 0 Å². The first-order valence-corrected chi connectivity index (χ1v) is 3.64. The van der Waals surface area contributed by atoms with E-state index in [4.69, 9.17) is 5.73 Å². The molecule has 1 fully saturated rings. The lowest BCUT2D eigenvalue weighted by atomic mass is 10.1. The van der Waals surface area contributed by atoms with Gasteiger partial charge in [0.15, 0.2) is 0 Å². The van der Waals surface area contributed by atoms with Gasteiger partial charge in [-0.05, 0) is 12.0 Å². The lowest BCUT2D eigenvalue weighted by Crippen LogP contribution is -1.86. The molecule has 0 amide bonds. The maximum absolute atomic E-state index is 7.39. The van der Waals surface area contributed by atoms with Crippen LogP contribution >= 0.6 is 0 Å². The van der Waals surface area contributed by atoms with Crippen molar-refractivity contribution >= 4 is 0 Å². The zero-order valence-electron chi connectivity index (χ0n) is 5.75. The fourth-order valence-electron chi connectivity index (χ4n) is 1.26. The monoisotopic (exact) mass is 132 g/mol. The molecular formula is C9H10N. The molecule has 1 aliphatic rings. The Kier molecular flexibility index (Phi) is 1.24. The van der Waals surface area contributed by atoms with E-state index in [1.165, 1.54) is 5.56 Å². The van der Waals surface area contributed by atoms with E-state index in [-0.39, 0.29) is 6.04 Å². The first-order valence-electron chi connectivity index (χ1n) is 3.64. The smallest absolute Gasteiger partial charge is 0.0288 e. The van der Waals surface area contributed by atoms with Crippen LogP contribution in [-0.4, -0.2) is 6.04 Å². The molecule has 1 radical (unpaired) electrons. The van der Waals surface area contributed by atoms with E-state index in [0.717, 1.165) is 6.42 Å². The zero-order valence-corrected chi connectivity index (χ0v) is 5.75. The van der Waals surface area contributed by atoms with Crippen molar-refractivity contribution in [1.29, 1.82) is 0 Å². The third kappa shape index (κ3) is 0.929. The quantitative estimate of drug-likeness (QED) is 0.556. The molecule has 1 N–H and O–H groups in total. The molecule has 0 spiro atoms. The molecule has 1 heteroatoms. The van der Waals surface area contributed by atoms with Crippen LogP contribution in [0.2, 0.25) is 0 Å². The van der Waals surface area contributed by atoms with Crippen LogP contribution < -0.4 is 5.73 Å². The summed E-state index contributed by atoms with van der Waals surface area (Å²) in [7, 11) is 0. The van der Waals surface area contributed by atoms with Gasteiger partial charge in [0.05, 0.1) is 0 Å². The summed E-state index contributed by atoms with van der Waals surface area (Å²) in [5.41, 5.74) is 8.72. The predicted molar refractivity (Wildman–Crippen MR) is 40.7 cm³/mol. The molecule has 1 nitrogen and oxygen atoms in total. The van der Waals surface area contributed by atoms with Crippen LogP contribution in [0.15, 0.2) is 30.3 Å². The van der Waals surface area contributed by atoms with Crippen LogP contribution in [0.5, 0.6) is 0 Å². The largest absolute Gasteiger partial charge is 0.254 e. The topological polar surface area (TPSA) is 23.8 Å². The van der Waals surface area contributed by atoms with Crippen molar-refractivity contribution in [2.24, 2.45) is 0 Å². The molecular weight excluding hydrogens is 122 g/mol. The molecule has 2 atom stereocenters. The van der Waals surface area contributed by atoms with Gasteiger partial charge < -0.3 is 0 Å². The Labute approximate surface area is 60.9 Å². The second-order valence-electron chi connectivity index (χ2n) is 2.86. The third-order valence-electron chi connectivity index (χ3n) is 2.02. The lowest BCUT2D eigenvalue weighted by molar-refractivity contribution is 0.958. The van der Waals surface area contributed by atoms with Gasteiger partial charge in [0, 0.05) is 12.0 Å². The number of nitrogens with one attached hydrogen (secondary N) is 1. The van der Waals surface area contributed by atoms with Crippen molar-refractivity contribution in [2.45, 2.75) is 18.4 Å². The first kappa shape index (κ1) is 5.93. The van der Waals surface area contributed by atoms with Gasteiger partial charge in [0.25, 0.3) is 0 Å². The molecule has 0 saturated heterocycles. The zero-order chi connectivity index (χ0) is 6.97. The van der Waals surface area contributed by atoms with Crippen molar-refractivity contribution in [1.82, 2.24) is 5.73 Å². The SMILES string of the molecule is [NH]C1CC1c1ccccc1. The summed E-state index contributed by atoms with van der Waals surface area (Å²) in [6, 6.07) is 10.5. The summed E-state index contributed by atoms with van der Waals surface area (Å²) in [4.78, 5) is 0. The Bertz CT molecular complexity index is 217. The molecule has 2 unspecified atom stereocenters. The highest BCUT2D eigenvalue weighted by Gasteiger charge is 2.35. The predicted octanol–water partition coefficient (Wildman–Crippen LogP) is 1.83. The van der Waals surface area contributed by atoms with E-state index in [1.54, 1.807) is 0 Å². The Hall–Kier alpha value is -0.820. The van der Waals surface area contributed by atoms with Crippen molar-refractivity contribution in [3.63, 3.8) is 0 Å². The van der Waals surface area contributed by atoms with Crippen LogP contribution in [0.25, 0.3) is 0 Å². The molecule has 0 aromatic heterocycles. The van der Waals surface area contributed by atoms with Gasteiger partial charge in [-0.1, -0.05) is 30.3 Å². The Morgan fingerprint density at radius 2 is 1.80 bits per heavy atom. The van der Waals surface area contributed by atoms with E-state index >= 15 is 0 Å². The summed E-state index contributed by atoms with van der Waals surface area (Å²) in [5, 5.41) is 0. The summed E-state index contributed by atoms with van der Waals surface area (Å²) < 4.78 is 0. The average molecular weight is 132 g/mol. The van der Waals surface area contributed by atoms with Gasteiger partial charge in [-0.15, -0.1) is 0 Å². The standard InChI is InChI=1S/C9H10N/c10-9-6-8(9)7-4-2-1-3-5-7/h1-5,8-10H,6H2. The summed E-state index contributed by atoms with van der Waals surface area (Å²) >= 11 is 0. The van der Waals surface area contributed by atoms with E-state index in [2.05, 4.69) is 12.1 Å². The minimum Gasteiger partial charge on any atom is -0.254 e. The van der Waals surface area contributed by atoms with Gasteiger partial charge >= 0.3 is 0 Å². The molecule has 1 aromatic carbocycles. The molecule has 2 rings (SSSR count). The lowest BCUT2D eigenvalue weighted by Gasteiger charge is -1.94. The molecule has 0 heterocycles. The van der Waals surface area contributed by atoms with Gasteiger partial charge in [-0.25, -0.2) is 0 Å². The molecule has 0 bridgehead atoms. The maximum Gasteiger partial charge on any atom is 0.0288 e. The molecule has 51 valence electrons. The second-order valence-corrected chi connectivity index (χ2v) is 2.86. The normalized spacial score (nSPS) is 30.1. The molecule has 1 saturated carbocycles. The van der Waals surface area contributed by atoms with Crippen LogP contribution in [-0.2, 0) is 0 Å². The second kappa shape index (κ2) is 2.10. The number of hydrogen-bond acceptors (Lipinski definition) is 0. The Morgan fingerprint density at radius 1 is 1.20 bits per heavy atom. The van der Waals surface area contributed by atoms with Crippen molar-refractivity contribution in [2.75, 3.05) is 0 Å². The Morgan fingerprint density at radius 3 is 2.30 bits per heavy atom. The highest BCUT2D eigenvalue weighted by molar-refractivity contribution is 5.26. The van der Waals surface area contributed by atoms with Gasteiger partial charge in [0.2, 0.25) is 0 Å². The van der Waals surface area contributed by atoms with E-state index in [9.17, 15) is 0 Å². The molecule has 1 aromatic rings. The highest BCUT2D eigenvalue weighted by Crippen LogP contribution is 2.39. The Balaban J connectivity index is 2.20. The van der Waals surface area contributed by atoms with Crippen molar-refractivity contribution in [3.8, 4) is 0 Å². The minimum absolute atomic E-state index is 0.183. The number of hydrogen-bond donors (Lipinski definition) is 0. The maximum atomic E-state index is 7.39. The first-order chi connectivity index (χ1) is 4.88. The van der Waals surface area contributed by atoms with Crippen molar-refractivity contribution in [3.05, 3.63) is 35.9 Å². The fourth-order valence-corrected chi connectivity index (χ4v) is 1.26. The summed E-state index contributed by atoms with van der Waals surface area (Å²) in [5.74, 6) is 0.543. The van der Waals surface area contributed by atoms with Crippen molar-refractivity contribution < 1.29 is 0 Å². The van der Waals surface area contributed by atoms with E-state index < -0.39 is 0 Å². The van der Waals surface area contributed by atoms with Gasteiger partial charge in [-0.2, -0.15) is 0 Å². The average Bonchev–Trinajstić information content (AvgIpc) is 2.69. The molecule has 10 heavy (non-hydrogen) atoms. The molecule has 1 aliphatic carbocycles. The van der Waals surface area contributed by atoms with Crippen LogP contribution in [0.1, 0.15) is 17.9 Å². The summed E-state index contributed by atoms with van der Waals surface area (Å²) in [6.07, 6.45) is 1.06. The number of benzene rings is 1. The van der Waals surface area contributed by atoms with Gasteiger partial charge in [0.1, 0.15) is 0 Å². The van der Waals surface area contributed by atoms with E-state index in [0.29, 0.717) is 5.92 Å². The third-order valence-corrected chi connectivity index (χ3v) is 2.02.